The van der Waals surface area contributed by atoms with Gasteiger partial charge in [-0.15, -0.1) is 0 Å². The zero-order valence-corrected chi connectivity index (χ0v) is 13.6. The first-order valence-corrected chi connectivity index (χ1v) is 9.00. The van der Waals surface area contributed by atoms with Crippen LogP contribution in [0.4, 0.5) is 0 Å². The Morgan fingerprint density at radius 2 is 2.00 bits per heavy atom. The summed E-state index contributed by atoms with van der Waals surface area (Å²) < 4.78 is 11.9. The average molecular weight is 327 g/mol. The highest BCUT2D eigenvalue weighted by atomic mass is 16.6. The lowest BCUT2D eigenvalue weighted by atomic mass is 9.75. The molecule has 3 saturated carbocycles. The van der Waals surface area contributed by atoms with Gasteiger partial charge in [-0.25, -0.2) is 0 Å². The van der Waals surface area contributed by atoms with Gasteiger partial charge in [-0.3, -0.25) is 4.79 Å². The van der Waals surface area contributed by atoms with Gasteiger partial charge in [0.25, 0.3) is 0 Å². The standard InChI is InChI=1S/C19H21NO4/c1-23-11-6-2-9(3-7-11)19-15-13-8-12(16(21)17(13)24-19)14(15)18(22)20(19)10-4-5-10/h2-3,6-7,10,12-17,21H,4-5,8H2,1H3. The van der Waals surface area contributed by atoms with E-state index in [1.165, 1.54) is 0 Å². The number of fused-ring (bicyclic) bond motifs is 2. The summed E-state index contributed by atoms with van der Waals surface area (Å²) >= 11 is 0. The molecule has 2 aliphatic heterocycles. The minimum Gasteiger partial charge on any atom is -0.497 e. The molecule has 0 spiro atoms. The second-order valence-corrected chi connectivity index (χ2v) is 8.05. The van der Waals surface area contributed by atoms with Crippen LogP contribution in [0.1, 0.15) is 24.8 Å². The van der Waals surface area contributed by atoms with E-state index in [1.807, 2.05) is 24.3 Å². The molecular formula is C19H21NO4. The molecule has 24 heavy (non-hydrogen) atoms. The predicted molar refractivity (Wildman–Crippen MR) is 84.0 cm³/mol. The topological polar surface area (TPSA) is 59.0 Å². The lowest BCUT2D eigenvalue weighted by Crippen LogP contribution is -2.50. The molecule has 7 unspecified atom stereocenters. The lowest BCUT2D eigenvalue weighted by Gasteiger charge is -2.39. The molecule has 1 aromatic rings. The number of hydrogen-bond donors (Lipinski definition) is 1. The maximum absolute atomic E-state index is 13.3. The first-order chi connectivity index (χ1) is 11.7. The molecule has 5 nitrogen and oxygen atoms in total. The van der Waals surface area contributed by atoms with Crippen LogP contribution in [-0.4, -0.2) is 41.3 Å². The third kappa shape index (κ3) is 1.32. The highest BCUT2D eigenvalue weighted by molar-refractivity contribution is 5.85. The van der Waals surface area contributed by atoms with Crippen LogP contribution in [-0.2, 0) is 15.3 Å². The van der Waals surface area contributed by atoms with Crippen molar-refractivity contribution in [3.8, 4) is 5.75 Å². The van der Waals surface area contributed by atoms with Gasteiger partial charge in [0.2, 0.25) is 5.91 Å². The van der Waals surface area contributed by atoms with Crippen molar-refractivity contribution in [1.82, 2.24) is 4.90 Å². The number of hydrogen-bond acceptors (Lipinski definition) is 4. The number of benzene rings is 1. The summed E-state index contributed by atoms with van der Waals surface area (Å²) in [5.74, 6) is 1.54. The number of likely N-dealkylation sites (tertiary alicyclic amines) is 1. The third-order valence-electron chi connectivity index (χ3n) is 7.11. The van der Waals surface area contributed by atoms with Gasteiger partial charge in [0, 0.05) is 17.5 Å². The molecule has 126 valence electrons. The zero-order valence-electron chi connectivity index (χ0n) is 13.6. The Balaban J connectivity index is 1.55. The van der Waals surface area contributed by atoms with E-state index in [9.17, 15) is 9.90 Å². The van der Waals surface area contributed by atoms with Crippen LogP contribution < -0.4 is 4.74 Å². The molecule has 1 amide bonds. The zero-order chi connectivity index (χ0) is 16.2. The van der Waals surface area contributed by atoms with E-state index in [1.54, 1.807) is 7.11 Å². The highest BCUT2D eigenvalue weighted by Crippen LogP contribution is 2.71. The fourth-order valence-corrected chi connectivity index (χ4v) is 6.20. The number of ether oxygens (including phenoxy) is 2. The average Bonchev–Trinajstić information content (AvgIpc) is 3.08. The molecule has 5 heteroatoms. The molecular weight excluding hydrogens is 306 g/mol. The van der Waals surface area contributed by atoms with Gasteiger partial charge in [0.15, 0.2) is 5.72 Å². The number of rotatable bonds is 3. The normalized spacial score (nSPS) is 47.8. The first kappa shape index (κ1) is 13.7. The van der Waals surface area contributed by atoms with Crippen molar-refractivity contribution in [2.75, 3.05) is 7.11 Å². The highest BCUT2D eigenvalue weighted by Gasteiger charge is 2.79. The van der Waals surface area contributed by atoms with E-state index in [2.05, 4.69) is 4.90 Å². The Labute approximate surface area is 140 Å². The van der Waals surface area contributed by atoms with Crippen molar-refractivity contribution in [2.45, 2.75) is 43.2 Å². The van der Waals surface area contributed by atoms with Crippen molar-refractivity contribution in [1.29, 1.82) is 0 Å². The van der Waals surface area contributed by atoms with Gasteiger partial charge < -0.3 is 19.5 Å². The van der Waals surface area contributed by atoms with Gasteiger partial charge >= 0.3 is 0 Å². The van der Waals surface area contributed by atoms with Crippen LogP contribution in [0.25, 0.3) is 0 Å². The number of amides is 1. The summed E-state index contributed by atoms with van der Waals surface area (Å²) in [6.45, 7) is 0. The minimum atomic E-state index is -0.670. The smallest absolute Gasteiger partial charge is 0.229 e. The summed E-state index contributed by atoms with van der Waals surface area (Å²) in [4.78, 5) is 15.3. The Hall–Kier alpha value is -1.59. The van der Waals surface area contributed by atoms with Crippen LogP contribution in [0.2, 0.25) is 0 Å². The van der Waals surface area contributed by atoms with Crippen LogP contribution in [0, 0.1) is 23.7 Å². The van der Waals surface area contributed by atoms with Crippen molar-refractivity contribution in [3.63, 3.8) is 0 Å². The van der Waals surface area contributed by atoms with Gasteiger partial charge in [-0.05, 0) is 43.2 Å². The molecule has 1 N–H and O–H groups in total. The van der Waals surface area contributed by atoms with Gasteiger partial charge in [-0.2, -0.15) is 0 Å². The maximum atomic E-state index is 13.3. The third-order valence-corrected chi connectivity index (χ3v) is 7.11. The molecule has 0 radical (unpaired) electrons. The Bertz CT molecular complexity index is 729. The summed E-state index contributed by atoms with van der Waals surface area (Å²) in [5.41, 5.74) is 0.370. The maximum Gasteiger partial charge on any atom is 0.229 e. The quantitative estimate of drug-likeness (QED) is 0.914. The monoisotopic (exact) mass is 327 g/mol. The molecule has 2 bridgehead atoms. The number of nitrogens with zero attached hydrogens (tertiary/aromatic N) is 1. The van der Waals surface area contributed by atoms with Crippen molar-refractivity contribution >= 4 is 5.91 Å². The molecule has 2 saturated heterocycles. The fourth-order valence-electron chi connectivity index (χ4n) is 6.20. The Kier molecular flexibility index (Phi) is 2.36. The summed E-state index contributed by atoms with van der Waals surface area (Å²) in [7, 11) is 1.66. The molecule has 5 fully saturated rings. The SMILES string of the molecule is COc1ccc(C23OC4C(O)C5CC4C2C5C(=O)N3C2CC2)cc1. The number of aliphatic hydroxyl groups excluding tert-OH is 1. The second kappa shape index (κ2) is 4.14. The van der Waals surface area contributed by atoms with E-state index < -0.39 is 11.8 Å². The van der Waals surface area contributed by atoms with Crippen molar-refractivity contribution < 1.29 is 19.4 Å². The Morgan fingerprint density at radius 3 is 2.67 bits per heavy atom. The molecule has 7 atom stereocenters. The molecule has 2 heterocycles. The minimum absolute atomic E-state index is 0.0635. The number of carbonyl (C=O) groups excluding carboxylic acids is 1. The van der Waals surface area contributed by atoms with Crippen molar-refractivity contribution in [2.24, 2.45) is 23.7 Å². The van der Waals surface area contributed by atoms with Crippen molar-refractivity contribution in [3.05, 3.63) is 29.8 Å². The van der Waals surface area contributed by atoms with Crippen LogP contribution in [0.15, 0.2) is 24.3 Å². The van der Waals surface area contributed by atoms with E-state index in [-0.39, 0.29) is 29.8 Å². The second-order valence-electron chi connectivity index (χ2n) is 8.05. The first-order valence-electron chi connectivity index (χ1n) is 9.00. The Morgan fingerprint density at radius 1 is 1.25 bits per heavy atom. The van der Waals surface area contributed by atoms with Gasteiger partial charge in [-0.1, -0.05) is 12.1 Å². The van der Waals surface area contributed by atoms with E-state index in [4.69, 9.17) is 9.47 Å². The summed E-state index contributed by atoms with van der Waals surface area (Å²) in [6, 6.07) is 8.27. The summed E-state index contributed by atoms with van der Waals surface area (Å²) in [5, 5.41) is 10.6. The number of methoxy groups -OCH3 is 1. The fraction of sp³-hybridized carbons (Fsp3) is 0.632. The van der Waals surface area contributed by atoms with E-state index in [0.717, 1.165) is 30.6 Å². The van der Waals surface area contributed by atoms with Crippen LogP contribution >= 0.6 is 0 Å². The molecule has 0 aromatic heterocycles. The van der Waals surface area contributed by atoms with Crippen LogP contribution in [0.3, 0.4) is 0 Å². The molecule has 3 aliphatic carbocycles. The van der Waals surface area contributed by atoms with Crippen LogP contribution in [0.5, 0.6) is 5.75 Å². The predicted octanol–water partition coefficient (Wildman–Crippen LogP) is 1.49. The molecule has 1 aromatic carbocycles. The number of carbonyl (C=O) groups is 1. The number of aliphatic hydroxyl groups is 1. The van der Waals surface area contributed by atoms with Gasteiger partial charge in [0.05, 0.1) is 25.2 Å². The summed E-state index contributed by atoms with van der Waals surface area (Å²) in [6.07, 6.45) is 2.46. The van der Waals surface area contributed by atoms with E-state index in [0.29, 0.717) is 12.0 Å². The van der Waals surface area contributed by atoms with E-state index >= 15 is 0 Å². The lowest BCUT2D eigenvalue weighted by molar-refractivity contribution is -0.184. The largest absolute Gasteiger partial charge is 0.497 e. The molecule has 5 aliphatic rings. The van der Waals surface area contributed by atoms with Gasteiger partial charge in [0.1, 0.15) is 5.75 Å². The molecule has 6 rings (SSSR count).